The highest BCUT2D eigenvalue weighted by atomic mass is 16.5. The van der Waals surface area contributed by atoms with Gasteiger partial charge >= 0.3 is 0 Å². The Morgan fingerprint density at radius 3 is 2.77 bits per heavy atom. The van der Waals surface area contributed by atoms with Crippen LogP contribution in [0.2, 0.25) is 0 Å². The van der Waals surface area contributed by atoms with E-state index in [1.54, 1.807) is 6.26 Å². The Balaban J connectivity index is 1.53. The quantitative estimate of drug-likeness (QED) is 0.885. The predicted octanol–water partition coefficient (Wildman–Crippen LogP) is 2.11. The molecule has 118 valence electrons. The number of fused-ring (bicyclic) bond motifs is 1. The highest BCUT2D eigenvalue weighted by Crippen LogP contribution is 2.31. The molecule has 0 amide bonds. The van der Waals surface area contributed by atoms with Crippen molar-refractivity contribution >= 4 is 11.4 Å². The van der Waals surface area contributed by atoms with Crippen LogP contribution < -0.4 is 9.80 Å². The van der Waals surface area contributed by atoms with E-state index in [4.69, 9.17) is 9.15 Å². The summed E-state index contributed by atoms with van der Waals surface area (Å²) in [5.41, 5.74) is 2.37. The topological polar surface area (TPSA) is 49.1 Å². The fraction of sp³-hybridized carbons (Fsp3) is 0.412. The molecule has 0 saturated carbocycles. The van der Waals surface area contributed by atoms with Crippen molar-refractivity contribution in [2.45, 2.75) is 12.7 Å². The third kappa shape index (κ3) is 3.43. The standard InChI is InChI=1S/C17H22N2O3/c1-18-8-9-19(17-7-3-2-6-16(17)18)11-14(20)12-21-13-15-5-4-10-22-15/h2-7,10,14,20H,8-9,11-13H2,1H3. The average molecular weight is 302 g/mol. The van der Waals surface area contributed by atoms with E-state index in [9.17, 15) is 5.11 Å². The average Bonchev–Trinajstić information content (AvgIpc) is 3.04. The molecule has 1 aromatic heterocycles. The second-order valence-corrected chi connectivity index (χ2v) is 5.60. The number of furan rings is 1. The zero-order valence-electron chi connectivity index (χ0n) is 12.8. The molecule has 2 aromatic rings. The molecule has 0 fully saturated rings. The van der Waals surface area contributed by atoms with Crippen molar-refractivity contribution in [3.05, 3.63) is 48.4 Å². The van der Waals surface area contributed by atoms with Crippen LogP contribution in [0.3, 0.4) is 0 Å². The van der Waals surface area contributed by atoms with Crippen molar-refractivity contribution in [2.75, 3.05) is 43.1 Å². The van der Waals surface area contributed by atoms with Crippen molar-refractivity contribution < 1.29 is 14.3 Å². The summed E-state index contributed by atoms with van der Waals surface area (Å²) >= 11 is 0. The first-order chi connectivity index (χ1) is 10.7. The van der Waals surface area contributed by atoms with E-state index in [0.717, 1.165) is 18.8 Å². The van der Waals surface area contributed by atoms with E-state index in [1.165, 1.54) is 11.4 Å². The lowest BCUT2D eigenvalue weighted by molar-refractivity contribution is 0.0255. The zero-order valence-corrected chi connectivity index (χ0v) is 12.8. The number of rotatable bonds is 6. The zero-order chi connectivity index (χ0) is 15.4. The molecule has 3 rings (SSSR count). The fourth-order valence-corrected chi connectivity index (χ4v) is 2.75. The molecule has 1 aliphatic heterocycles. The SMILES string of the molecule is CN1CCN(CC(O)COCc2ccco2)c2ccccc21. The molecule has 0 spiro atoms. The smallest absolute Gasteiger partial charge is 0.129 e. The molecule has 2 heterocycles. The number of nitrogens with zero attached hydrogens (tertiary/aromatic N) is 2. The molecular weight excluding hydrogens is 280 g/mol. The Hall–Kier alpha value is -1.98. The van der Waals surface area contributed by atoms with E-state index < -0.39 is 6.10 Å². The first kappa shape index (κ1) is 14.9. The maximum atomic E-state index is 10.2. The fourth-order valence-electron chi connectivity index (χ4n) is 2.75. The Morgan fingerprint density at radius 2 is 2.00 bits per heavy atom. The first-order valence-electron chi connectivity index (χ1n) is 7.57. The third-order valence-corrected chi connectivity index (χ3v) is 3.90. The molecule has 1 aliphatic rings. The van der Waals surface area contributed by atoms with Crippen LogP contribution in [0.25, 0.3) is 0 Å². The number of likely N-dealkylation sites (N-methyl/N-ethyl adjacent to an activating group) is 1. The summed E-state index contributed by atoms with van der Waals surface area (Å²) in [6.07, 6.45) is 1.10. The number of hydrogen-bond donors (Lipinski definition) is 1. The molecule has 1 unspecified atom stereocenters. The molecule has 5 nitrogen and oxygen atoms in total. The van der Waals surface area contributed by atoms with Crippen LogP contribution in [0.5, 0.6) is 0 Å². The molecule has 5 heteroatoms. The van der Waals surface area contributed by atoms with Gasteiger partial charge in [-0.3, -0.25) is 0 Å². The van der Waals surface area contributed by atoms with Gasteiger partial charge in [0.15, 0.2) is 0 Å². The summed E-state index contributed by atoms with van der Waals surface area (Å²) in [6.45, 7) is 3.13. The van der Waals surface area contributed by atoms with Gasteiger partial charge in [0.2, 0.25) is 0 Å². The summed E-state index contributed by atoms with van der Waals surface area (Å²) in [5.74, 6) is 0.775. The van der Waals surface area contributed by atoms with E-state index in [1.807, 2.05) is 24.3 Å². The molecule has 0 saturated heterocycles. The van der Waals surface area contributed by atoms with Crippen LogP contribution in [0.4, 0.5) is 11.4 Å². The molecule has 1 atom stereocenters. The number of ether oxygens (including phenoxy) is 1. The van der Waals surface area contributed by atoms with Crippen LogP contribution in [0, 0.1) is 0 Å². The van der Waals surface area contributed by atoms with E-state index in [-0.39, 0.29) is 0 Å². The Kier molecular flexibility index (Phi) is 4.65. The number of anilines is 2. The Bertz CT molecular complexity index is 585. The molecule has 0 aliphatic carbocycles. The van der Waals surface area contributed by atoms with Gasteiger partial charge in [0, 0.05) is 26.7 Å². The van der Waals surface area contributed by atoms with Gasteiger partial charge in [-0.15, -0.1) is 0 Å². The van der Waals surface area contributed by atoms with Crippen molar-refractivity contribution in [2.24, 2.45) is 0 Å². The lowest BCUT2D eigenvalue weighted by Gasteiger charge is -2.37. The monoisotopic (exact) mass is 302 g/mol. The summed E-state index contributed by atoms with van der Waals surface area (Å²) in [7, 11) is 2.10. The van der Waals surface area contributed by atoms with Crippen molar-refractivity contribution in [1.82, 2.24) is 0 Å². The number of benzene rings is 1. The van der Waals surface area contributed by atoms with Gasteiger partial charge in [-0.25, -0.2) is 0 Å². The minimum atomic E-state index is -0.522. The van der Waals surface area contributed by atoms with Gasteiger partial charge in [0.25, 0.3) is 0 Å². The second kappa shape index (κ2) is 6.85. The molecule has 22 heavy (non-hydrogen) atoms. The molecule has 1 N–H and O–H groups in total. The van der Waals surface area contributed by atoms with Crippen LogP contribution in [0.15, 0.2) is 47.1 Å². The Labute approximate surface area is 130 Å². The van der Waals surface area contributed by atoms with E-state index in [2.05, 4.69) is 29.0 Å². The largest absolute Gasteiger partial charge is 0.467 e. The highest BCUT2D eigenvalue weighted by molar-refractivity contribution is 5.73. The van der Waals surface area contributed by atoms with E-state index >= 15 is 0 Å². The van der Waals surface area contributed by atoms with Crippen molar-refractivity contribution in [1.29, 1.82) is 0 Å². The predicted molar refractivity (Wildman–Crippen MR) is 86.3 cm³/mol. The van der Waals surface area contributed by atoms with Gasteiger partial charge in [-0.1, -0.05) is 12.1 Å². The number of para-hydroxylation sites is 2. The van der Waals surface area contributed by atoms with Gasteiger partial charge in [0.05, 0.1) is 30.3 Å². The number of hydrogen-bond acceptors (Lipinski definition) is 5. The Morgan fingerprint density at radius 1 is 1.18 bits per heavy atom. The van der Waals surface area contributed by atoms with E-state index in [0.29, 0.717) is 19.8 Å². The minimum absolute atomic E-state index is 0.301. The summed E-state index contributed by atoms with van der Waals surface area (Å²) in [4.78, 5) is 4.46. The second-order valence-electron chi connectivity index (χ2n) is 5.60. The summed E-state index contributed by atoms with van der Waals surface area (Å²) in [5, 5.41) is 10.2. The van der Waals surface area contributed by atoms with Crippen molar-refractivity contribution in [3.63, 3.8) is 0 Å². The minimum Gasteiger partial charge on any atom is -0.467 e. The molecule has 1 aromatic carbocycles. The summed E-state index contributed by atoms with van der Waals surface area (Å²) in [6, 6.07) is 12.0. The van der Waals surface area contributed by atoms with Gasteiger partial charge in [0.1, 0.15) is 12.4 Å². The normalized spacial score (nSPS) is 15.7. The van der Waals surface area contributed by atoms with Crippen LogP contribution in [-0.2, 0) is 11.3 Å². The van der Waals surface area contributed by atoms with Crippen molar-refractivity contribution in [3.8, 4) is 0 Å². The third-order valence-electron chi connectivity index (χ3n) is 3.90. The molecular formula is C17H22N2O3. The van der Waals surface area contributed by atoms with Gasteiger partial charge in [-0.2, -0.15) is 0 Å². The maximum Gasteiger partial charge on any atom is 0.129 e. The van der Waals surface area contributed by atoms with Gasteiger partial charge < -0.3 is 24.1 Å². The van der Waals surface area contributed by atoms with Crippen LogP contribution >= 0.6 is 0 Å². The number of β-amino-alcohol motifs (C(OH)–C–C–N with tert-alkyl or cyclic N) is 1. The lowest BCUT2D eigenvalue weighted by Crippen LogP contribution is -2.43. The summed E-state index contributed by atoms with van der Waals surface area (Å²) < 4.78 is 10.7. The molecule has 0 radical (unpaired) electrons. The van der Waals surface area contributed by atoms with Crippen LogP contribution in [-0.4, -0.2) is 44.5 Å². The first-order valence-corrected chi connectivity index (χ1v) is 7.57. The molecule has 0 bridgehead atoms. The number of aliphatic hydroxyl groups excluding tert-OH is 1. The lowest BCUT2D eigenvalue weighted by atomic mass is 10.1. The number of aliphatic hydroxyl groups is 1. The maximum absolute atomic E-state index is 10.2. The van der Waals surface area contributed by atoms with Gasteiger partial charge in [-0.05, 0) is 24.3 Å². The van der Waals surface area contributed by atoms with Crippen LogP contribution in [0.1, 0.15) is 5.76 Å². The highest BCUT2D eigenvalue weighted by Gasteiger charge is 2.21.